The summed E-state index contributed by atoms with van der Waals surface area (Å²) in [5.74, 6) is -0.533. The minimum atomic E-state index is -3.35. The standard InChI is InChI=1S/C10H19NO5Si/c1-4-14-17(15-5-2,16-6-3)11-9(12)7-8-10(11)13/h4-8H2,1-3H3. The van der Waals surface area contributed by atoms with E-state index in [-0.39, 0.29) is 24.7 Å². The van der Waals surface area contributed by atoms with E-state index in [1.165, 1.54) is 0 Å². The van der Waals surface area contributed by atoms with Crippen molar-refractivity contribution in [3.8, 4) is 0 Å². The van der Waals surface area contributed by atoms with E-state index in [2.05, 4.69) is 0 Å². The monoisotopic (exact) mass is 261 g/mol. The predicted molar refractivity (Wildman–Crippen MR) is 61.7 cm³/mol. The van der Waals surface area contributed by atoms with Crippen LogP contribution in [0.4, 0.5) is 0 Å². The van der Waals surface area contributed by atoms with Crippen molar-refractivity contribution in [3.05, 3.63) is 0 Å². The van der Waals surface area contributed by atoms with Crippen LogP contribution in [0.1, 0.15) is 33.6 Å². The molecule has 0 saturated carbocycles. The van der Waals surface area contributed by atoms with E-state index in [0.29, 0.717) is 19.8 Å². The smallest absolute Gasteiger partial charge is 0.356 e. The first kappa shape index (κ1) is 14.3. The molecule has 0 aliphatic carbocycles. The van der Waals surface area contributed by atoms with Gasteiger partial charge in [0.15, 0.2) is 0 Å². The third-order valence-corrected chi connectivity index (χ3v) is 5.31. The van der Waals surface area contributed by atoms with Crippen LogP contribution in [0.5, 0.6) is 0 Å². The number of hydrogen-bond acceptors (Lipinski definition) is 5. The molecule has 0 bridgehead atoms. The van der Waals surface area contributed by atoms with E-state index >= 15 is 0 Å². The molecule has 17 heavy (non-hydrogen) atoms. The molecule has 0 unspecified atom stereocenters. The van der Waals surface area contributed by atoms with Gasteiger partial charge in [-0.1, -0.05) is 0 Å². The maximum Gasteiger partial charge on any atom is 0.642 e. The van der Waals surface area contributed by atoms with Crippen LogP contribution >= 0.6 is 0 Å². The van der Waals surface area contributed by atoms with Crippen molar-refractivity contribution < 1.29 is 22.9 Å². The summed E-state index contributed by atoms with van der Waals surface area (Å²) < 4.78 is 17.6. The van der Waals surface area contributed by atoms with Gasteiger partial charge in [0.2, 0.25) is 11.8 Å². The van der Waals surface area contributed by atoms with E-state index in [1.54, 1.807) is 20.8 Å². The first-order valence-corrected chi connectivity index (χ1v) is 7.56. The summed E-state index contributed by atoms with van der Waals surface area (Å²) in [6.45, 7) is 6.36. The van der Waals surface area contributed by atoms with E-state index in [9.17, 15) is 9.59 Å². The zero-order valence-corrected chi connectivity index (χ0v) is 11.5. The van der Waals surface area contributed by atoms with E-state index in [4.69, 9.17) is 13.3 Å². The molecule has 2 amide bonds. The number of carbonyl (C=O) groups excluding carboxylic acids is 2. The summed E-state index contributed by atoms with van der Waals surface area (Å²) in [7, 11) is -3.35. The summed E-state index contributed by atoms with van der Waals surface area (Å²) in [5, 5.41) is 0. The second kappa shape index (κ2) is 6.25. The molecule has 0 atom stereocenters. The number of amides is 2. The molecule has 0 aromatic heterocycles. The molecule has 0 aromatic carbocycles. The Morgan fingerprint density at radius 2 is 1.29 bits per heavy atom. The fourth-order valence-corrected chi connectivity index (χ4v) is 4.31. The van der Waals surface area contributed by atoms with Crippen LogP contribution in [0.2, 0.25) is 0 Å². The average molecular weight is 261 g/mol. The Morgan fingerprint density at radius 3 is 1.59 bits per heavy atom. The van der Waals surface area contributed by atoms with Gasteiger partial charge in [0, 0.05) is 32.7 Å². The Labute approximate surface area is 102 Å². The van der Waals surface area contributed by atoms with Crippen LogP contribution in [0.15, 0.2) is 0 Å². The van der Waals surface area contributed by atoms with Gasteiger partial charge in [-0.05, 0) is 20.8 Å². The number of nitrogens with zero attached hydrogens (tertiary/aromatic N) is 1. The van der Waals surface area contributed by atoms with Gasteiger partial charge < -0.3 is 13.3 Å². The van der Waals surface area contributed by atoms with Crippen molar-refractivity contribution in [2.24, 2.45) is 0 Å². The van der Waals surface area contributed by atoms with Crippen LogP contribution in [0.3, 0.4) is 0 Å². The van der Waals surface area contributed by atoms with Gasteiger partial charge in [-0.3, -0.25) is 9.59 Å². The van der Waals surface area contributed by atoms with Crippen molar-refractivity contribution in [1.29, 1.82) is 0 Å². The molecule has 1 heterocycles. The van der Waals surface area contributed by atoms with E-state index in [1.807, 2.05) is 0 Å². The Kier molecular flexibility index (Phi) is 5.25. The van der Waals surface area contributed by atoms with Crippen LogP contribution in [0, 0.1) is 0 Å². The Balaban J connectivity index is 3.00. The lowest BCUT2D eigenvalue weighted by molar-refractivity contribution is -0.138. The van der Waals surface area contributed by atoms with Crippen LogP contribution < -0.4 is 0 Å². The Bertz CT molecular complexity index is 263. The number of imide groups is 1. The summed E-state index contributed by atoms with van der Waals surface area (Å²) >= 11 is 0. The Morgan fingerprint density at radius 1 is 0.941 bits per heavy atom. The quantitative estimate of drug-likeness (QED) is 0.498. The highest BCUT2D eigenvalue weighted by Gasteiger charge is 2.56. The molecule has 0 spiro atoms. The lowest BCUT2D eigenvalue weighted by Gasteiger charge is -2.33. The van der Waals surface area contributed by atoms with Gasteiger partial charge >= 0.3 is 8.97 Å². The normalized spacial score (nSPS) is 17.0. The van der Waals surface area contributed by atoms with Gasteiger partial charge in [0.1, 0.15) is 0 Å². The topological polar surface area (TPSA) is 65.1 Å². The summed E-state index contributed by atoms with van der Waals surface area (Å²) in [5.41, 5.74) is 0. The lowest BCUT2D eigenvalue weighted by Crippen LogP contribution is -2.63. The molecule has 7 heteroatoms. The molecule has 0 aromatic rings. The maximum absolute atomic E-state index is 11.8. The van der Waals surface area contributed by atoms with E-state index in [0.717, 1.165) is 4.57 Å². The summed E-state index contributed by atoms with van der Waals surface area (Å²) in [6, 6.07) is 0. The summed E-state index contributed by atoms with van der Waals surface area (Å²) in [6.07, 6.45) is 0.418. The molecule has 1 aliphatic rings. The predicted octanol–water partition coefficient (Wildman–Crippen LogP) is 0.680. The highest BCUT2D eigenvalue weighted by atomic mass is 28.4. The minimum Gasteiger partial charge on any atom is -0.356 e. The second-order valence-electron chi connectivity index (χ2n) is 3.45. The molecule has 6 nitrogen and oxygen atoms in total. The number of hydrogen-bond donors (Lipinski definition) is 0. The van der Waals surface area contributed by atoms with Crippen molar-refractivity contribution in [3.63, 3.8) is 0 Å². The first-order valence-electron chi connectivity index (χ1n) is 5.89. The molecule has 1 saturated heterocycles. The molecule has 1 rings (SSSR count). The highest BCUT2D eigenvalue weighted by Crippen LogP contribution is 2.24. The van der Waals surface area contributed by atoms with Crippen molar-refractivity contribution in [2.75, 3.05) is 19.8 Å². The third kappa shape index (κ3) is 2.92. The molecule has 1 aliphatic heterocycles. The first-order chi connectivity index (χ1) is 8.11. The Hall–Kier alpha value is -0.763. The fourth-order valence-electron chi connectivity index (χ4n) is 1.75. The van der Waals surface area contributed by atoms with Gasteiger partial charge in [0.25, 0.3) is 0 Å². The van der Waals surface area contributed by atoms with Crippen molar-refractivity contribution in [1.82, 2.24) is 4.57 Å². The SMILES string of the molecule is CCO[Si](OCC)(OCC)N1C(=O)CCC1=O. The van der Waals surface area contributed by atoms with Crippen LogP contribution in [-0.4, -0.2) is 45.2 Å². The van der Waals surface area contributed by atoms with Gasteiger partial charge in [0.05, 0.1) is 0 Å². The van der Waals surface area contributed by atoms with Crippen molar-refractivity contribution >= 4 is 20.8 Å². The molecule has 0 radical (unpaired) electrons. The molecular weight excluding hydrogens is 242 g/mol. The minimum absolute atomic E-state index is 0.209. The number of rotatable bonds is 7. The maximum atomic E-state index is 11.8. The zero-order chi connectivity index (χ0) is 12.9. The second-order valence-corrected chi connectivity index (χ2v) is 5.81. The summed E-state index contributed by atoms with van der Waals surface area (Å²) in [4.78, 5) is 23.5. The van der Waals surface area contributed by atoms with Gasteiger partial charge in [-0.25, -0.2) is 4.57 Å². The fraction of sp³-hybridized carbons (Fsp3) is 0.800. The average Bonchev–Trinajstić information content (AvgIpc) is 2.60. The molecule has 0 N–H and O–H groups in total. The largest absolute Gasteiger partial charge is 0.642 e. The van der Waals surface area contributed by atoms with Gasteiger partial charge in [-0.2, -0.15) is 0 Å². The van der Waals surface area contributed by atoms with Crippen LogP contribution in [0.25, 0.3) is 0 Å². The van der Waals surface area contributed by atoms with Gasteiger partial charge in [-0.15, -0.1) is 0 Å². The van der Waals surface area contributed by atoms with E-state index < -0.39 is 8.97 Å². The van der Waals surface area contributed by atoms with Crippen LogP contribution in [-0.2, 0) is 22.9 Å². The van der Waals surface area contributed by atoms with Crippen molar-refractivity contribution in [2.45, 2.75) is 33.6 Å². The molecule has 1 fully saturated rings. The number of carbonyl (C=O) groups is 2. The third-order valence-electron chi connectivity index (χ3n) is 2.31. The molecule has 98 valence electrons. The lowest BCUT2D eigenvalue weighted by atomic mass is 10.4. The zero-order valence-electron chi connectivity index (χ0n) is 10.5. The molecular formula is C10H19NO5Si. The highest BCUT2D eigenvalue weighted by molar-refractivity contribution is 6.64.